The van der Waals surface area contributed by atoms with E-state index in [4.69, 9.17) is 0 Å². The van der Waals surface area contributed by atoms with Crippen LogP contribution in [0.3, 0.4) is 0 Å². The molecule has 0 spiro atoms. The van der Waals surface area contributed by atoms with Crippen LogP contribution in [0.2, 0.25) is 0 Å². The van der Waals surface area contributed by atoms with E-state index in [1.165, 1.54) is 71.4 Å². The average molecular weight is 212 g/mol. The Bertz CT molecular complexity index is 145. The third-order valence-corrected chi connectivity index (χ3v) is 3.22. The van der Waals surface area contributed by atoms with Gasteiger partial charge in [0.2, 0.25) is 0 Å². The minimum absolute atomic E-state index is 1.22. The van der Waals surface area contributed by atoms with E-state index in [-0.39, 0.29) is 0 Å². The molecule has 0 aliphatic carbocycles. The van der Waals surface area contributed by atoms with Gasteiger partial charge in [-0.2, -0.15) is 0 Å². The molecule has 1 fully saturated rings. The van der Waals surface area contributed by atoms with Gasteiger partial charge in [-0.15, -0.1) is 0 Å². The number of hydrogen-bond acceptors (Lipinski definition) is 2. The van der Waals surface area contributed by atoms with E-state index >= 15 is 0 Å². The van der Waals surface area contributed by atoms with Gasteiger partial charge >= 0.3 is 0 Å². The van der Waals surface area contributed by atoms with E-state index in [2.05, 4.69) is 23.6 Å². The van der Waals surface area contributed by atoms with Crippen molar-refractivity contribution in [1.82, 2.24) is 9.80 Å². The molecule has 0 aromatic carbocycles. The van der Waals surface area contributed by atoms with Crippen molar-refractivity contribution < 1.29 is 0 Å². The summed E-state index contributed by atoms with van der Waals surface area (Å²) in [4.78, 5) is 5.23. The van der Waals surface area contributed by atoms with Crippen LogP contribution < -0.4 is 0 Å². The van der Waals surface area contributed by atoms with Crippen molar-refractivity contribution in [2.45, 2.75) is 52.4 Å². The molecule has 1 heterocycles. The summed E-state index contributed by atoms with van der Waals surface area (Å²) in [6.07, 6.45) is 8.24. The molecule has 1 aliphatic heterocycles. The molecule has 0 aromatic rings. The second-order valence-corrected chi connectivity index (χ2v) is 4.79. The summed E-state index contributed by atoms with van der Waals surface area (Å²) in [6.45, 7) is 11.0. The monoisotopic (exact) mass is 212 g/mol. The van der Waals surface area contributed by atoms with Crippen LogP contribution >= 0.6 is 0 Å². The summed E-state index contributed by atoms with van der Waals surface area (Å²) in [5.74, 6) is 0. The maximum absolute atomic E-state index is 2.63. The van der Waals surface area contributed by atoms with Crippen LogP contribution in [-0.4, -0.2) is 42.6 Å². The molecule has 2 heteroatoms. The lowest BCUT2D eigenvalue weighted by molar-refractivity contribution is 0.0846. The van der Waals surface area contributed by atoms with Crippen LogP contribution in [-0.2, 0) is 0 Å². The van der Waals surface area contributed by atoms with E-state index in [9.17, 15) is 0 Å². The maximum Gasteiger partial charge on any atom is 0.0506 e. The first-order chi connectivity index (χ1) is 7.36. The zero-order valence-corrected chi connectivity index (χ0v) is 10.7. The molecule has 0 N–H and O–H groups in total. The minimum atomic E-state index is 1.22. The Morgan fingerprint density at radius 1 is 0.800 bits per heavy atom. The highest BCUT2D eigenvalue weighted by Crippen LogP contribution is 2.08. The lowest BCUT2D eigenvalue weighted by Crippen LogP contribution is -2.45. The zero-order valence-electron chi connectivity index (χ0n) is 10.7. The molecule has 0 saturated carbocycles. The van der Waals surface area contributed by atoms with Crippen molar-refractivity contribution in [2.75, 3.05) is 32.8 Å². The molecule has 0 bridgehead atoms. The molecule has 0 unspecified atom stereocenters. The van der Waals surface area contributed by atoms with Crippen molar-refractivity contribution in [3.8, 4) is 0 Å². The Morgan fingerprint density at radius 3 is 2.20 bits per heavy atom. The molecule has 1 aliphatic rings. The van der Waals surface area contributed by atoms with E-state index in [1.54, 1.807) is 0 Å². The molecule has 90 valence electrons. The van der Waals surface area contributed by atoms with Gasteiger partial charge in [0.05, 0.1) is 6.67 Å². The first-order valence-corrected chi connectivity index (χ1v) is 6.81. The highest BCUT2D eigenvalue weighted by atomic mass is 15.3. The summed E-state index contributed by atoms with van der Waals surface area (Å²) in [5, 5.41) is 0. The van der Waals surface area contributed by atoms with Crippen molar-refractivity contribution in [1.29, 1.82) is 0 Å². The molecule has 0 radical (unpaired) electrons. The SMILES string of the molecule is CCCCCCN1CCCN(CCC)C1. The molecule has 0 atom stereocenters. The predicted molar refractivity (Wildman–Crippen MR) is 67.1 cm³/mol. The first-order valence-electron chi connectivity index (χ1n) is 6.81. The van der Waals surface area contributed by atoms with Gasteiger partial charge in [-0.25, -0.2) is 0 Å². The van der Waals surface area contributed by atoms with Gasteiger partial charge in [0.1, 0.15) is 0 Å². The highest BCUT2D eigenvalue weighted by Gasteiger charge is 2.15. The molecular weight excluding hydrogens is 184 g/mol. The summed E-state index contributed by atoms with van der Waals surface area (Å²) < 4.78 is 0. The number of hydrogen-bond donors (Lipinski definition) is 0. The largest absolute Gasteiger partial charge is 0.290 e. The normalized spacial score (nSPS) is 19.6. The van der Waals surface area contributed by atoms with Gasteiger partial charge < -0.3 is 0 Å². The van der Waals surface area contributed by atoms with Crippen LogP contribution in [0.5, 0.6) is 0 Å². The average Bonchev–Trinajstić information content (AvgIpc) is 2.26. The Kier molecular flexibility index (Phi) is 7.03. The molecule has 1 rings (SSSR count). The standard InChI is InChI=1S/C13H28N2/c1-3-5-6-7-10-15-12-8-11-14(13-15)9-4-2/h3-13H2,1-2H3. The molecule has 0 aromatic heterocycles. The van der Waals surface area contributed by atoms with Gasteiger partial charge in [-0.1, -0.05) is 33.1 Å². The van der Waals surface area contributed by atoms with E-state index < -0.39 is 0 Å². The van der Waals surface area contributed by atoms with Gasteiger partial charge in [-0.05, 0) is 32.4 Å². The van der Waals surface area contributed by atoms with Crippen LogP contribution in [0.1, 0.15) is 52.4 Å². The Hall–Kier alpha value is -0.0800. The summed E-state index contributed by atoms with van der Waals surface area (Å²) >= 11 is 0. The predicted octanol–water partition coefficient (Wildman–Crippen LogP) is 2.94. The second-order valence-electron chi connectivity index (χ2n) is 4.79. The van der Waals surface area contributed by atoms with Crippen LogP contribution in [0.4, 0.5) is 0 Å². The summed E-state index contributed by atoms with van der Waals surface area (Å²) in [5.41, 5.74) is 0. The van der Waals surface area contributed by atoms with Crippen molar-refractivity contribution in [3.05, 3.63) is 0 Å². The molecule has 0 amide bonds. The van der Waals surface area contributed by atoms with Gasteiger partial charge in [0.25, 0.3) is 0 Å². The fraction of sp³-hybridized carbons (Fsp3) is 1.00. The first kappa shape index (κ1) is 13.0. The van der Waals surface area contributed by atoms with Crippen LogP contribution in [0, 0.1) is 0 Å². The lowest BCUT2D eigenvalue weighted by Gasteiger charge is -2.35. The van der Waals surface area contributed by atoms with Crippen LogP contribution in [0.25, 0.3) is 0 Å². The van der Waals surface area contributed by atoms with Gasteiger partial charge in [0.15, 0.2) is 0 Å². The Labute approximate surface area is 95.6 Å². The maximum atomic E-state index is 2.63. The summed E-state index contributed by atoms with van der Waals surface area (Å²) in [7, 11) is 0. The van der Waals surface area contributed by atoms with Crippen molar-refractivity contribution in [2.24, 2.45) is 0 Å². The third-order valence-electron chi connectivity index (χ3n) is 3.22. The topological polar surface area (TPSA) is 6.48 Å². The Balaban J connectivity index is 2.07. The molecule has 2 nitrogen and oxygen atoms in total. The third kappa shape index (κ3) is 5.53. The number of nitrogens with zero attached hydrogens (tertiary/aromatic N) is 2. The second kappa shape index (κ2) is 8.12. The van der Waals surface area contributed by atoms with Gasteiger partial charge in [-0.3, -0.25) is 9.80 Å². The van der Waals surface area contributed by atoms with Gasteiger partial charge in [0, 0.05) is 13.1 Å². The smallest absolute Gasteiger partial charge is 0.0506 e. The van der Waals surface area contributed by atoms with Crippen LogP contribution in [0.15, 0.2) is 0 Å². The van der Waals surface area contributed by atoms with Crippen molar-refractivity contribution >= 4 is 0 Å². The quantitative estimate of drug-likeness (QED) is 0.599. The lowest BCUT2D eigenvalue weighted by atomic mass is 10.2. The number of rotatable bonds is 7. The summed E-state index contributed by atoms with van der Waals surface area (Å²) in [6, 6.07) is 0. The minimum Gasteiger partial charge on any atom is -0.290 e. The molecular formula is C13H28N2. The fourth-order valence-corrected chi connectivity index (χ4v) is 2.39. The Morgan fingerprint density at radius 2 is 1.53 bits per heavy atom. The van der Waals surface area contributed by atoms with E-state index in [0.29, 0.717) is 0 Å². The highest BCUT2D eigenvalue weighted by molar-refractivity contribution is 4.68. The molecule has 15 heavy (non-hydrogen) atoms. The fourth-order valence-electron chi connectivity index (χ4n) is 2.39. The molecule has 1 saturated heterocycles. The zero-order chi connectivity index (χ0) is 10.9. The van der Waals surface area contributed by atoms with E-state index in [1.807, 2.05) is 0 Å². The van der Waals surface area contributed by atoms with E-state index in [0.717, 1.165) is 0 Å². The number of unbranched alkanes of at least 4 members (excludes halogenated alkanes) is 3. The van der Waals surface area contributed by atoms with Crippen molar-refractivity contribution in [3.63, 3.8) is 0 Å².